The predicted molar refractivity (Wildman–Crippen MR) is 72.2 cm³/mol. The molecule has 1 aromatic rings. The summed E-state index contributed by atoms with van der Waals surface area (Å²) in [5.74, 6) is 0.600. The van der Waals surface area contributed by atoms with Crippen LogP contribution < -0.4 is 5.73 Å². The molecule has 0 aromatic heterocycles. The molecule has 0 amide bonds. The second-order valence-corrected chi connectivity index (χ2v) is 5.06. The van der Waals surface area contributed by atoms with Crippen LogP contribution in [0.15, 0.2) is 24.3 Å². The van der Waals surface area contributed by atoms with Gasteiger partial charge in [-0.05, 0) is 36.6 Å². The van der Waals surface area contributed by atoms with Gasteiger partial charge < -0.3 is 20.5 Å². The SMILES string of the molecule is COCC1CCN(CC(O)c2cccc(N)c2)C1. The summed E-state index contributed by atoms with van der Waals surface area (Å²) >= 11 is 0. The highest BCUT2D eigenvalue weighted by Gasteiger charge is 2.24. The van der Waals surface area contributed by atoms with Crippen molar-refractivity contribution in [2.45, 2.75) is 12.5 Å². The van der Waals surface area contributed by atoms with Crippen LogP contribution in [0.2, 0.25) is 0 Å². The molecule has 1 heterocycles. The second-order valence-electron chi connectivity index (χ2n) is 5.06. The topological polar surface area (TPSA) is 58.7 Å². The molecule has 18 heavy (non-hydrogen) atoms. The number of benzene rings is 1. The zero-order valence-corrected chi connectivity index (χ0v) is 10.9. The van der Waals surface area contributed by atoms with E-state index >= 15 is 0 Å². The smallest absolute Gasteiger partial charge is 0.0917 e. The third-order valence-electron chi connectivity index (χ3n) is 3.50. The Morgan fingerprint density at radius 2 is 2.39 bits per heavy atom. The number of nitrogens with two attached hydrogens (primary N) is 1. The van der Waals surface area contributed by atoms with E-state index in [1.54, 1.807) is 7.11 Å². The van der Waals surface area contributed by atoms with E-state index in [1.165, 1.54) is 0 Å². The summed E-state index contributed by atoms with van der Waals surface area (Å²) in [4.78, 5) is 2.29. The second kappa shape index (κ2) is 6.18. The standard InChI is InChI=1S/C14H22N2O2/c1-18-10-11-5-6-16(8-11)9-14(17)12-3-2-4-13(15)7-12/h2-4,7,11,14,17H,5-6,8-10,15H2,1H3. The number of hydrogen-bond donors (Lipinski definition) is 2. The maximum atomic E-state index is 10.2. The van der Waals surface area contributed by atoms with Crippen molar-refractivity contribution >= 4 is 5.69 Å². The Bertz CT molecular complexity index is 384. The Labute approximate surface area is 108 Å². The van der Waals surface area contributed by atoms with Gasteiger partial charge in [0.15, 0.2) is 0 Å². The van der Waals surface area contributed by atoms with Crippen molar-refractivity contribution in [3.63, 3.8) is 0 Å². The van der Waals surface area contributed by atoms with Gasteiger partial charge in [-0.15, -0.1) is 0 Å². The molecule has 4 nitrogen and oxygen atoms in total. The van der Waals surface area contributed by atoms with E-state index in [0.29, 0.717) is 18.2 Å². The Morgan fingerprint density at radius 1 is 1.56 bits per heavy atom. The van der Waals surface area contributed by atoms with Crippen molar-refractivity contribution in [3.05, 3.63) is 29.8 Å². The van der Waals surface area contributed by atoms with Crippen molar-refractivity contribution in [1.82, 2.24) is 4.90 Å². The summed E-state index contributed by atoms with van der Waals surface area (Å²) in [6.45, 7) is 3.52. The monoisotopic (exact) mass is 250 g/mol. The van der Waals surface area contributed by atoms with Crippen LogP contribution in [0.5, 0.6) is 0 Å². The van der Waals surface area contributed by atoms with Gasteiger partial charge in [-0.3, -0.25) is 0 Å². The van der Waals surface area contributed by atoms with Gasteiger partial charge in [0.1, 0.15) is 0 Å². The number of rotatable bonds is 5. The molecule has 0 aliphatic carbocycles. The van der Waals surface area contributed by atoms with E-state index in [9.17, 15) is 5.11 Å². The maximum Gasteiger partial charge on any atom is 0.0917 e. The molecule has 1 aliphatic heterocycles. The number of anilines is 1. The average Bonchev–Trinajstić information content (AvgIpc) is 2.77. The fourth-order valence-electron chi connectivity index (χ4n) is 2.57. The van der Waals surface area contributed by atoms with Crippen molar-refractivity contribution < 1.29 is 9.84 Å². The molecule has 0 bridgehead atoms. The van der Waals surface area contributed by atoms with Crippen molar-refractivity contribution in [1.29, 1.82) is 0 Å². The lowest BCUT2D eigenvalue weighted by atomic mass is 10.1. The highest BCUT2D eigenvalue weighted by molar-refractivity contribution is 5.41. The Morgan fingerprint density at radius 3 is 3.11 bits per heavy atom. The highest BCUT2D eigenvalue weighted by atomic mass is 16.5. The summed E-state index contributed by atoms with van der Waals surface area (Å²) in [5.41, 5.74) is 7.32. The molecule has 0 radical (unpaired) electrons. The number of aliphatic hydroxyl groups is 1. The summed E-state index contributed by atoms with van der Waals surface area (Å²) in [6.07, 6.45) is 0.687. The van der Waals surface area contributed by atoms with Crippen molar-refractivity contribution in [3.8, 4) is 0 Å². The minimum Gasteiger partial charge on any atom is -0.399 e. The zero-order chi connectivity index (χ0) is 13.0. The minimum atomic E-state index is -0.463. The summed E-state index contributed by atoms with van der Waals surface area (Å²) < 4.78 is 5.17. The first-order valence-electron chi connectivity index (χ1n) is 6.44. The molecule has 0 spiro atoms. The van der Waals surface area contributed by atoms with Crippen LogP contribution >= 0.6 is 0 Å². The van der Waals surface area contributed by atoms with Gasteiger partial charge in [0, 0.05) is 25.9 Å². The molecule has 100 valence electrons. The van der Waals surface area contributed by atoms with Crippen LogP contribution in [-0.2, 0) is 4.74 Å². The highest BCUT2D eigenvalue weighted by Crippen LogP contribution is 2.21. The van der Waals surface area contributed by atoms with Crippen LogP contribution in [0.25, 0.3) is 0 Å². The molecule has 2 unspecified atom stereocenters. The number of nitrogens with zero attached hydrogens (tertiary/aromatic N) is 1. The number of nitrogen functional groups attached to an aromatic ring is 1. The summed E-state index contributed by atoms with van der Waals surface area (Å²) in [5, 5.41) is 10.2. The first kappa shape index (κ1) is 13.3. The molecular formula is C14H22N2O2. The van der Waals surface area contributed by atoms with Gasteiger partial charge in [0.25, 0.3) is 0 Å². The average molecular weight is 250 g/mol. The first-order chi connectivity index (χ1) is 8.69. The Kier molecular flexibility index (Phi) is 4.58. The lowest BCUT2D eigenvalue weighted by Gasteiger charge is -2.20. The van der Waals surface area contributed by atoms with E-state index in [2.05, 4.69) is 4.90 Å². The number of hydrogen-bond acceptors (Lipinski definition) is 4. The quantitative estimate of drug-likeness (QED) is 0.773. The van der Waals surface area contributed by atoms with Crippen LogP contribution in [0, 0.1) is 5.92 Å². The molecule has 2 rings (SSSR count). The minimum absolute atomic E-state index is 0.463. The van der Waals surface area contributed by atoms with Crippen molar-refractivity contribution in [2.75, 3.05) is 39.1 Å². The molecule has 1 saturated heterocycles. The maximum absolute atomic E-state index is 10.2. The Balaban J connectivity index is 1.86. The molecule has 1 aliphatic rings. The number of ether oxygens (including phenoxy) is 1. The molecule has 2 atom stereocenters. The summed E-state index contributed by atoms with van der Waals surface area (Å²) in [7, 11) is 1.74. The van der Waals surface area contributed by atoms with Gasteiger partial charge in [-0.1, -0.05) is 12.1 Å². The lowest BCUT2D eigenvalue weighted by Crippen LogP contribution is -2.27. The van der Waals surface area contributed by atoms with Crippen LogP contribution in [0.1, 0.15) is 18.1 Å². The lowest BCUT2D eigenvalue weighted by molar-refractivity contribution is 0.115. The fraction of sp³-hybridized carbons (Fsp3) is 0.571. The van der Waals surface area contributed by atoms with Crippen LogP contribution in [0.3, 0.4) is 0 Å². The number of aliphatic hydroxyl groups excluding tert-OH is 1. The van der Waals surface area contributed by atoms with E-state index in [-0.39, 0.29) is 0 Å². The van der Waals surface area contributed by atoms with Gasteiger partial charge >= 0.3 is 0 Å². The number of β-amino-alcohol motifs (C(OH)–C–C–N with tert-alkyl or cyclic N) is 1. The van der Waals surface area contributed by atoms with Gasteiger partial charge in [0.05, 0.1) is 12.7 Å². The number of methoxy groups -OCH3 is 1. The van der Waals surface area contributed by atoms with Gasteiger partial charge in [0.2, 0.25) is 0 Å². The van der Waals surface area contributed by atoms with E-state index < -0.39 is 6.10 Å². The molecule has 1 aromatic carbocycles. The third kappa shape index (κ3) is 3.45. The fourth-order valence-corrected chi connectivity index (χ4v) is 2.57. The molecule has 4 heteroatoms. The van der Waals surface area contributed by atoms with E-state index in [4.69, 9.17) is 10.5 Å². The first-order valence-corrected chi connectivity index (χ1v) is 6.44. The summed E-state index contributed by atoms with van der Waals surface area (Å²) in [6, 6.07) is 7.48. The van der Waals surface area contributed by atoms with Crippen molar-refractivity contribution in [2.24, 2.45) is 5.92 Å². The molecule has 0 saturated carbocycles. The normalized spacial score (nSPS) is 22.2. The molecule has 1 fully saturated rings. The molecule has 3 N–H and O–H groups in total. The van der Waals surface area contributed by atoms with Crippen LogP contribution in [-0.4, -0.2) is 43.4 Å². The van der Waals surface area contributed by atoms with E-state index in [0.717, 1.165) is 31.7 Å². The third-order valence-corrected chi connectivity index (χ3v) is 3.50. The Hall–Kier alpha value is -1.10. The van der Waals surface area contributed by atoms with Crippen LogP contribution in [0.4, 0.5) is 5.69 Å². The predicted octanol–water partition coefficient (Wildman–Crippen LogP) is 1.27. The van der Waals surface area contributed by atoms with E-state index in [1.807, 2.05) is 24.3 Å². The molecular weight excluding hydrogens is 228 g/mol. The zero-order valence-electron chi connectivity index (χ0n) is 10.9. The number of likely N-dealkylation sites (tertiary alicyclic amines) is 1. The van der Waals surface area contributed by atoms with Gasteiger partial charge in [-0.2, -0.15) is 0 Å². The largest absolute Gasteiger partial charge is 0.399 e. The van der Waals surface area contributed by atoms with Gasteiger partial charge in [-0.25, -0.2) is 0 Å².